The fourth-order valence-corrected chi connectivity index (χ4v) is 5.77. The molecule has 0 atom stereocenters. The van der Waals surface area contributed by atoms with E-state index in [-0.39, 0.29) is 11.6 Å². The van der Waals surface area contributed by atoms with Crippen molar-refractivity contribution >= 4 is 44.0 Å². The van der Waals surface area contributed by atoms with Crippen molar-refractivity contribution in [3.63, 3.8) is 0 Å². The van der Waals surface area contributed by atoms with E-state index in [1.54, 1.807) is 41.7 Å². The summed E-state index contributed by atoms with van der Waals surface area (Å²) in [5.41, 5.74) is 5.02. The molecule has 34 heavy (non-hydrogen) atoms. The summed E-state index contributed by atoms with van der Waals surface area (Å²) in [6.07, 6.45) is 0. The zero-order valence-corrected chi connectivity index (χ0v) is 18.6. The summed E-state index contributed by atoms with van der Waals surface area (Å²) in [6, 6.07) is 29.4. The Morgan fingerprint density at radius 3 is 2.18 bits per heavy atom. The minimum Gasteiger partial charge on any atom is -0.338 e. The first-order valence-electron chi connectivity index (χ1n) is 11.0. The number of carbonyl (C=O) groups is 2. The summed E-state index contributed by atoms with van der Waals surface area (Å²) in [7, 11) is 0. The maximum absolute atomic E-state index is 13.3. The average Bonchev–Trinajstić information content (AvgIpc) is 3.51. The van der Waals surface area contributed by atoms with Gasteiger partial charge in [0.2, 0.25) is 0 Å². The van der Waals surface area contributed by atoms with Gasteiger partial charge in [0.05, 0.1) is 11.1 Å². The molecule has 160 valence electrons. The van der Waals surface area contributed by atoms with Crippen LogP contribution in [0.15, 0.2) is 91.0 Å². The van der Waals surface area contributed by atoms with Gasteiger partial charge in [0, 0.05) is 31.8 Å². The number of fused-ring (bicyclic) bond motifs is 5. The molecule has 0 aliphatic heterocycles. The predicted molar refractivity (Wildman–Crippen MR) is 136 cm³/mol. The van der Waals surface area contributed by atoms with Gasteiger partial charge in [-0.2, -0.15) is 0 Å². The minimum absolute atomic E-state index is 0.135. The maximum Gasteiger partial charge on any atom is 0.196 e. The average molecular weight is 457 g/mol. The maximum atomic E-state index is 13.3. The molecule has 7 rings (SSSR count). The van der Waals surface area contributed by atoms with Gasteiger partial charge in [-0.05, 0) is 35.2 Å². The minimum atomic E-state index is -0.158. The molecule has 6 aromatic rings. The van der Waals surface area contributed by atoms with Crippen molar-refractivity contribution in [2.24, 2.45) is 0 Å². The van der Waals surface area contributed by atoms with E-state index in [2.05, 4.69) is 47.4 Å². The van der Waals surface area contributed by atoms with Crippen molar-refractivity contribution < 1.29 is 9.59 Å². The smallest absolute Gasteiger partial charge is 0.196 e. The number of ketones is 2. The highest BCUT2D eigenvalue weighted by Gasteiger charge is 2.32. The number of nitrogens with one attached hydrogen (secondary N) is 1. The first-order chi connectivity index (χ1) is 16.7. The molecule has 1 aliphatic carbocycles. The number of nitrogens with zero attached hydrogens (tertiary/aromatic N) is 1. The van der Waals surface area contributed by atoms with Gasteiger partial charge in [0.25, 0.3) is 0 Å². The Kier molecular flexibility index (Phi) is 3.98. The van der Waals surface area contributed by atoms with Gasteiger partial charge in [-0.15, -0.1) is 11.3 Å². The van der Waals surface area contributed by atoms with Crippen LogP contribution >= 0.6 is 11.3 Å². The van der Waals surface area contributed by atoms with E-state index in [9.17, 15) is 9.59 Å². The number of hydrogen-bond donors (Lipinski definition) is 1. The lowest BCUT2D eigenvalue weighted by molar-refractivity contribution is 0.0980. The number of benzene rings is 4. The molecule has 0 amide bonds. The van der Waals surface area contributed by atoms with Crippen LogP contribution in [0.2, 0.25) is 0 Å². The standard InChI is InChI=1S/C29H16N2O2S/c32-27-19-6-2-3-7-20(19)28(33)25-21(27)13-14-22-26(25)31-29(30-22)17-11-9-16(10-12-17)24-15-18-5-1-4-8-23(18)34-24/h1-15H,(H,30,31). The van der Waals surface area contributed by atoms with Gasteiger partial charge in [-0.3, -0.25) is 9.59 Å². The molecule has 0 saturated heterocycles. The number of thiophene rings is 1. The van der Waals surface area contributed by atoms with Gasteiger partial charge in [0.15, 0.2) is 11.6 Å². The Bertz CT molecular complexity index is 1760. The van der Waals surface area contributed by atoms with Gasteiger partial charge < -0.3 is 4.98 Å². The van der Waals surface area contributed by atoms with Crippen LogP contribution in [0.3, 0.4) is 0 Å². The summed E-state index contributed by atoms with van der Waals surface area (Å²) >= 11 is 1.77. The van der Waals surface area contributed by atoms with Crippen LogP contribution in [0.5, 0.6) is 0 Å². The highest BCUT2D eigenvalue weighted by Crippen LogP contribution is 2.35. The number of rotatable bonds is 2. The predicted octanol–water partition coefficient (Wildman–Crippen LogP) is 6.89. The van der Waals surface area contributed by atoms with E-state index in [1.165, 1.54) is 15.0 Å². The van der Waals surface area contributed by atoms with Crippen molar-refractivity contribution in [2.75, 3.05) is 0 Å². The Balaban J connectivity index is 1.31. The highest BCUT2D eigenvalue weighted by atomic mass is 32.1. The van der Waals surface area contributed by atoms with Gasteiger partial charge in [-0.1, -0.05) is 66.7 Å². The summed E-state index contributed by atoms with van der Waals surface area (Å²) in [5.74, 6) is 0.378. The molecule has 5 heteroatoms. The molecule has 1 aliphatic rings. The zero-order chi connectivity index (χ0) is 22.8. The molecule has 4 aromatic carbocycles. The van der Waals surface area contributed by atoms with E-state index >= 15 is 0 Å². The van der Waals surface area contributed by atoms with Crippen LogP contribution in [0.25, 0.3) is 42.9 Å². The van der Waals surface area contributed by atoms with Crippen LogP contribution in [-0.2, 0) is 0 Å². The third-order valence-corrected chi connectivity index (χ3v) is 7.58. The topological polar surface area (TPSA) is 62.8 Å². The SMILES string of the molecule is O=C1c2ccccc2C(=O)c2c1ccc1[nH]c(-c3ccc(-c4cc5ccccc5s4)cc3)nc21. The second-order valence-electron chi connectivity index (χ2n) is 8.40. The van der Waals surface area contributed by atoms with Gasteiger partial charge >= 0.3 is 0 Å². The van der Waals surface area contributed by atoms with Gasteiger partial charge in [0.1, 0.15) is 11.3 Å². The summed E-state index contributed by atoms with van der Waals surface area (Å²) in [5, 5.41) is 1.24. The molecule has 4 nitrogen and oxygen atoms in total. The lowest BCUT2D eigenvalue weighted by atomic mass is 9.83. The normalized spacial score (nSPS) is 12.8. The first kappa shape index (κ1) is 19.1. The molecule has 0 unspecified atom stereocenters. The van der Waals surface area contributed by atoms with Crippen molar-refractivity contribution in [3.05, 3.63) is 113 Å². The van der Waals surface area contributed by atoms with E-state index in [0.29, 0.717) is 33.6 Å². The summed E-state index contributed by atoms with van der Waals surface area (Å²) < 4.78 is 1.27. The Morgan fingerprint density at radius 1 is 0.676 bits per heavy atom. The van der Waals surface area contributed by atoms with Crippen LogP contribution in [0, 0.1) is 0 Å². The number of aromatic amines is 1. The van der Waals surface area contributed by atoms with Crippen LogP contribution in [-0.4, -0.2) is 21.5 Å². The number of hydrogen-bond acceptors (Lipinski definition) is 4. The fourth-order valence-electron chi connectivity index (χ4n) is 4.71. The van der Waals surface area contributed by atoms with Crippen molar-refractivity contribution in [1.82, 2.24) is 9.97 Å². The lowest BCUT2D eigenvalue weighted by Gasteiger charge is -2.17. The molecule has 0 spiro atoms. The molecule has 0 bridgehead atoms. The third-order valence-electron chi connectivity index (χ3n) is 6.41. The monoisotopic (exact) mass is 456 g/mol. The van der Waals surface area contributed by atoms with Gasteiger partial charge in [-0.25, -0.2) is 4.98 Å². The van der Waals surface area contributed by atoms with Crippen molar-refractivity contribution in [1.29, 1.82) is 0 Å². The molecular weight excluding hydrogens is 440 g/mol. The first-order valence-corrected chi connectivity index (χ1v) is 11.8. The molecule has 1 N–H and O–H groups in total. The Morgan fingerprint density at radius 2 is 1.38 bits per heavy atom. The molecular formula is C29H16N2O2S. The quantitative estimate of drug-likeness (QED) is 0.308. The van der Waals surface area contributed by atoms with Crippen molar-refractivity contribution in [2.45, 2.75) is 0 Å². The second-order valence-corrected chi connectivity index (χ2v) is 9.48. The number of imidazole rings is 1. The molecule has 2 aromatic heterocycles. The number of carbonyl (C=O) groups excluding carboxylic acids is 2. The molecule has 0 saturated carbocycles. The van der Waals surface area contributed by atoms with E-state index < -0.39 is 0 Å². The molecule has 2 heterocycles. The number of H-pyrrole nitrogens is 1. The number of aromatic nitrogens is 2. The van der Waals surface area contributed by atoms with E-state index in [4.69, 9.17) is 4.98 Å². The Hall–Kier alpha value is -4.35. The Labute approximate surface area is 198 Å². The summed E-state index contributed by atoms with van der Waals surface area (Å²) in [6.45, 7) is 0. The fraction of sp³-hybridized carbons (Fsp3) is 0. The lowest BCUT2D eigenvalue weighted by Crippen LogP contribution is -2.21. The third kappa shape index (κ3) is 2.74. The van der Waals surface area contributed by atoms with Crippen LogP contribution < -0.4 is 0 Å². The van der Waals surface area contributed by atoms with E-state index in [0.717, 1.165) is 16.6 Å². The van der Waals surface area contributed by atoms with E-state index in [1.807, 2.05) is 18.2 Å². The van der Waals surface area contributed by atoms with Crippen LogP contribution in [0.4, 0.5) is 0 Å². The zero-order valence-electron chi connectivity index (χ0n) is 17.8. The van der Waals surface area contributed by atoms with Crippen LogP contribution in [0.1, 0.15) is 31.8 Å². The largest absolute Gasteiger partial charge is 0.338 e. The highest BCUT2D eigenvalue weighted by molar-refractivity contribution is 7.22. The molecule has 0 fully saturated rings. The second kappa shape index (κ2) is 7.07. The summed E-state index contributed by atoms with van der Waals surface area (Å²) in [4.78, 5) is 35.6. The van der Waals surface area contributed by atoms with Crippen molar-refractivity contribution in [3.8, 4) is 21.8 Å². The molecule has 0 radical (unpaired) electrons.